The topological polar surface area (TPSA) is 43.3 Å². The minimum atomic E-state index is 0.654. The number of nitrogens with two attached hydrogens (primary N) is 1. The largest absolute Gasteiger partial charge is 0.399 e. The van der Waals surface area contributed by atoms with E-state index in [1.54, 1.807) is 0 Å². The van der Waals surface area contributed by atoms with Gasteiger partial charge in [-0.2, -0.15) is 12.6 Å². The van der Waals surface area contributed by atoms with Crippen molar-refractivity contribution in [1.29, 1.82) is 0 Å². The molecule has 2 heterocycles. The maximum atomic E-state index is 5.60. The smallest absolute Gasteiger partial charge is 0.139 e. The molecule has 3 nitrogen and oxygen atoms in total. The number of imidazole rings is 1. The van der Waals surface area contributed by atoms with E-state index in [0.717, 1.165) is 17.0 Å². The van der Waals surface area contributed by atoms with Crippen LogP contribution < -0.4 is 5.73 Å². The van der Waals surface area contributed by atoms with Gasteiger partial charge in [0.25, 0.3) is 0 Å². The normalized spacial score (nSPS) is 10.8. The third-order valence-corrected chi connectivity index (χ3v) is 2.02. The molecule has 0 atom stereocenters. The lowest BCUT2D eigenvalue weighted by atomic mass is 10.4. The zero-order chi connectivity index (χ0) is 8.55. The summed E-state index contributed by atoms with van der Waals surface area (Å²) in [4.78, 5) is 4.30. The number of thiol groups is 1. The van der Waals surface area contributed by atoms with Gasteiger partial charge in [-0.3, -0.25) is 0 Å². The Hall–Kier alpha value is -1.16. The Balaban J connectivity index is 2.67. The summed E-state index contributed by atoms with van der Waals surface area (Å²) in [6, 6.07) is 3.68. The summed E-state index contributed by atoms with van der Waals surface area (Å²) < 4.78 is 1.93. The molecule has 2 N–H and O–H groups in total. The second-order valence-electron chi connectivity index (χ2n) is 2.62. The molecule has 62 valence electrons. The summed E-state index contributed by atoms with van der Waals surface area (Å²) in [6.45, 7) is 0. The molecule has 0 radical (unpaired) electrons. The molecule has 0 unspecified atom stereocenters. The van der Waals surface area contributed by atoms with Crippen LogP contribution in [0.15, 0.2) is 24.5 Å². The molecule has 0 bridgehead atoms. The number of pyridine rings is 1. The van der Waals surface area contributed by atoms with Gasteiger partial charge >= 0.3 is 0 Å². The Kier molecular flexibility index (Phi) is 1.69. The lowest BCUT2D eigenvalue weighted by Gasteiger charge is -1.92. The fourth-order valence-electron chi connectivity index (χ4n) is 1.13. The number of hydrogen-bond acceptors (Lipinski definition) is 3. The fraction of sp³-hybridized carbons (Fsp3) is 0.125. The van der Waals surface area contributed by atoms with Crippen LogP contribution in [0.3, 0.4) is 0 Å². The summed E-state index contributed by atoms with van der Waals surface area (Å²) in [5.41, 5.74) is 8.17. The first-order chi connectivity index (χ1) is 5.79. The molecule has 0 fully saturated rings. The van der Waals surface area contributed by atoms with Gasteiger partial charge in [0.2, 0.25) is 0 Å². The van der Waals surface area contributed by atoms with Gasteiger partial charge in [0, 0.05) is 29.9 Å². The summed E-state index contributed by atoms with van der Waals surface area (Å²) in [7, 11) is 0. The second kappa shape index (κ2) is 2.71. The average molecular weight is 179 g/mol. The van der Waals surface area contributed by atoms with Crippen LogP contribution in [0.4, 0.5) is 5.69 Å². The van der Waals surface area contributed by atoms with Crippen LogP contribution in [0.1, 0.15) is 5.69 Å². The minimum absolute atomic E-state index is 0.654. The first-order valence-corrected chi connectivity index (χ1v) is 4.27. The van der Waals surface area contributed by atoms with Gasteiger partial charge in [0.1, 0.15) is 5.65 Å². The van der Waals surface area contributed by atoms with E-state index in [2.05, 4.69) is 17.6 Å². The van der Waals surface area contributed by atoms with E-state index in [9.17, 15) is 0 Å². The number of nitrogens with zero attached hydrogens (tertiary/aromatic N) is 2. The van der Waals surface area contributed by atoms with Crippen LogP contribution in [-0.2, 0) is 5.75 Å². The zero-order valence-electron chi connectivity index (χ0n) is 6.44. The molecule has 0 saturated heterocycles. The fourth-order valence-corrected chi connectivity index (χ4v) is 1.28. The van der Waals surface area contributed by atoms with Crippen molar-refractivity contribution in [1.82, 2.24) is 9.38 Å². The van der Waals surface area contributed by atoms with Crippen LogP contribution in [0.5, 0.6) is 0 Å². The van der Waals surface area contributed by atoms with Crippen molar-refractivity contribution in [3.8, 4) is 0 Å². The van der Waals surface area contributed by atoms with Crippen LogP contribution in [-0.4, -0.2) is 9.38 Å². The Morgan fingerprint density at radius 3 is 3.17 bits per heavy atom. The molecular weight excluding hydrogens is 170 g/mol. The number of anilines is 1. The molecule has 0 aromatic carbocycles. The number of aromatic nitrogens is 2. The Morgan fingerprint density at radius 2 is 2.42 bits per heavy atom. The summed E-state index contributed by atoms with van der Waals surface area (Å²) in [6.07, 6.45) is 3.84. The molecule has 2 aromatic rings. The lowest BCUT2D eigenvalue weighted by molar-refractivity contribution is 1.18. The molecule has 0 saturated carbocycles. The Morgan fingerprint density at radius 1 is 1.58 bits per heavy atom. The molecule has 0 spiro atoms. The van der Waals surface area contributed by atoms with Crippen LogP contribution in [0.25, 0.3) is 5.65 Å². The van der Waals surface area contributed by atoms with E-state index < -0.39 is 0 Å². The molecule has 12 heavy (non-hydrogen) atoms. The Labute approximate surface area is 75.6 Å². The molecule has 4 heteroatoms. The molecule has 0 amide bonds. The highest BCUT2D eigenvalue weighted by Crippen LogP contribution is 2.10. The van der Waals surface area contributed by atoms with Gasteiger partial charge in [-0.05, 0) is 6.07 Å². The third-order valence-electron chi connectivity index (χ3n) is 1.70. The monoisotopic (exact) mass is 179 g/mol. The molecular formula is C8H9N3S. The van der Waals surface area contributed by atoms with E-state index in [0.29, 0.717) is 5.75 Å². The van der Waals surface area contributed by atoms with Gasteiger partial charge in [0.05, 0.1) is 5.69 Å². The average Bonchev–Trinajstić information content (AvgIpc) is 2.46. The standard InChI is InChI=1S/C8H9N3S/c9-6-1-2-11-4-7(5-12)10-8(11)3-6/h1-4,12H,5,9H2. The Bertz CT molecular complexity index is 408. The van der Waals surface area contributed by atoms with E-state index in [1.165, 1.54) is 0 Å². The predicted octanol–water partition coefficient (Wildman–Crippen LogP) is 1.35. The van der Waals surface area contributed by atoms with E-state index in [1.807, 2.05) is 28.9 Å². The second-order valence-corrected chi connectivity index (χ2v) is 2.93. The van der Waals surface area contributed by atoms with Gasteiger partial charge in [-0.1, -0.05) is 0 Å². The SMILES string of the molecule is Nc1ccn2cc(CS)nc2c1. The lowest BCUT2D eigenvalue weighted by Crippen LogP contribution is -1.87. The van der Waals surface area contributed by atoms with E-state index in [4.69, 9.17) is 5.73 Å². The summed E-state index contributed by atoms with van der Waals surface area (Å²) in [5.74, 6) is 0.654. The quantitative estimate of drug-likeness (QED) is 0.649. The van der Waals surface area contributed by atoms with Crippen molar-refractivity contribution >= 4 is 24.0 Å². The van der Waals surface area contributed by atoms with Crippen molar-refractivity contribution in [3.05, 3.63) is 30.2 Å². The predicted molar refractivity (Wildman–Crippen MR) is 52.3 cm³/mol. The molecule has 0 aliphatic carbocycles. The summed E-state index contributed by atoms with van der Waals surface area (Å²) >= 11 is 4.14. The number of hydrogen-bond donors (Lipinski definition) is 2. The maximum Gasteiger partial charge on any atom is 0.139 e. The van der Waals surface area contributed by atoms with E-state index in [-0.39, 0.29) is 0 Å². The van der Waals surface area contributed by atoms with Crippen molar-refractivity contribution in [2.24, 2.45) is 0 Å². The van der Waals surface area contributed by atoms with Crippen molar-refractivity contribution in [2.45, 2.75) is 5.75 Å². The van der Waals surface area contributed by atoms with Crippen molar-refractivity contribution in [3.63, 3.8) is 0 Å². The molecule has 0 aliphatic rings. The van der Waals surface area contributed by atoms with Gasteiger partial charge in [0.15, 0.2) is 0 Å². The van der Waals surface area contributed by atoms with Gasteiger partial charge in [-0.25, -0.2) is 4.98 Å². The molecule has 2 rings (SSSR count). The third kappa shape index (κ3) is 1.14. The zero-order valence-corrected chi connectivity index (χ0v) is 7.33. The number of rotatable bonds is 1. The van der Waals surface area contributed by atoms with Crippen molar-refractivity contribution < 1.29 is 0 Å². The maximum absolute atomic E-state index is 5.60. The highest BCUT2D eigenvalue weighted by atomic mass is 32.1. The van der Waals surface area contributed by atoms with Crippen LogP contribution in [0.2, 0.25) is 0 Å². The van der Waals surface area contributed by atoms with E-state index >= 15 is 0 Å². The first-order valence-electron chi connectivity index (χ1n) is 3.63. The highest BCUT2D eigenvalue weighted by Gasteiger charge is 1.98. The highest BCUT2D eigenvalue weighted by molar-refractivity contribution is 7.79. The number of fused-ring (bicyclic) bond motifs is 1. The molecule has 2 aromatic heterocycles. The van der Waals surface area contributed by atoms with Crippen LogP contribution in [0, 0.1) is 0 Å². The first kappa shape index (κ1) is 7.49. The van der Waals surface area contributed by atoms with Crippen LogP contribution >= 0.6 is 12.6 Å². The number of nitrogen functional groups attached to an aromatic ring is 1. The van der Waals surface area contributed by atoms with Gasteiger partial charge < -0.3 is 10.1 Å². The summed E-state index contributed by atoms with van der Waals surface area (Å²) in [5, 5.41) is 0. The van der Waals surface area contributed by atoms with Crippen molar-refractivity contribution in [2.75, 3.05) is 5.73 Å². The minimum Gasteiger partial charge on any atom is -0.399 e. The van der Waals surface area contributed by atoms with Gasteiger partial charge in [-0.15, -0.1) is 0 Å². The molecule has 0 aliphatic heterocycles.